The number of aliphatic hydroxyl groups excluding tert-OH is 1. The molecule has 45 heavy (non-hydrogen) atoms. The van der Waals surface area contributed by atoms with Crippen LogP contribution in [-0.4, -0.2) is 93.2 Å². The lowest BCUT2D eigenvalue weighted by Crippen LogP contribution is -2.49. The topological polar surface area (TPSA) is 114 Å². The molecule has 262 valence electrons. The molecule has 0 bridgehead atoms. The molecule has 14 heteroatoms. The first kappa shape index (κ1) is 41.1. The maximum atomic E-state index is 14.2. The summed E-state index contributed by atoms with van der Waals surface area (Å²) >= 11 is 0. The molecule has 0 saturated heterocycles. The molecule has 0 aliphatic carbocycles. The van der Waals surface area contributed by atoms with Crippen LogP contribution in [0, 0.1) is 23.3 Å². The van der Waals surface area contributed by atoms with E-state index in [1.165, 1.54) is 0 Å². The van der Waals surface area contributed by atoms with Gasteiger partial charge in [0.15, 0.2) is 11.6 Å². The minimum Gasteiger partial charge on any atom is -0.419 e. The minimum absolute atomic E-state index is 0.0139. The summed E-state index contributed by atoms with van der Waals surface area (Å²) in [5.74, 6) is -10.2. The maximum absolute atomic E-state index is 14.2. The van der Waals surface area contributed by atoms with E-state index in [2.05, 4.69) is 10.1 Å². The Morgan fingerprint density at radius 2 is 1.29 bits per heavy atom. The van der Waals surface area contributed by atoms with Crippen molar-refractivity contribution in [2.75, 3.05) is 47.3 Å². The Kier molecular flexibility index (Phi) is 16.3. The van der Waals surface area contributed by atoms with Gasteiger partial charge in [0.1, 0.15) is 6.04 Å². The summed E-state index contributed by atoms with van der Waals surface area (Å²) in [4.78, 5) is 12.9. The fourth-order valence-electron chi connectivity index (χ4n) is 3.40. The number of hydrogen-bond acceptors (Lipinski definition) is 10. The molecule has 0 radical (unpaired) electrons. The van der Waals surface area contributed by atoms with Crippen molar-refractivity contribution in [3.63, 3.8) is 0 Å². The Hall–Kier alpha value is -1.91. The van der Waals surface area contributed by atoms with Gasteiger partial charge >= 0.3 is 5.97 Å². The third-order valence-corrected chi connectivity index (χ3v) is 7.13. The Labute approximate surface area is 264 Å². The van der Waals surface area contributed by atoms with Crippen LogP contribution in [0.4, 0.5) is 17.6 Å². The number of carbonyl (C=O) groups is 1. The van der Waals surface area contributed by atoms with Gasteiger partial charge in [0.2, 0.25) is 23.8 Å². The van der Waals surface area contributed by atoms with E-state index in [-0.39, 0.29) is 24.9 Å². The molecule has 0 aliphatic rings. The van der Waals surface area contributed by atoms with Gasteiger partial charge in [-0.3, -0.25) is 5.32 Å². The standard InChI is InChI=1S/C31H51F4NO9/c1-28(2,39-9)13-16-43-29(3,4)11-14-41-18-22(26(37)45-25-23(34)20(32)17-21(33)24(25)35)36-27(38)42-15-12-30(5,6)44-19-31(7,8)40-10/h17,22,27,36,38H,11-16,18-19H2,1-10H3/t22-,27?/m0/s1. The summed E-state index contributed by atoms with van der Waals surface area (Å²) in [7, 11) is 3.18. The van der Waals surface area contributed by atoms with Gasteiger partial charge in [0, 0.05) is 26.9 Å². The molecule has 1 unspecified atom stereocenters. The van der Waals surface area contributed by atoms with Gasteiger partial charge in [0.25, 0.3) is 0 Å². The van der Waals surface area contributed by atoms with E-state index in [0.29, 0.717) is 32.5 Å². The molecule has 0 heterocycles. The van der Waals surface area contributed by atoms with Crippen molar-refractivity contribution < 1.29 is 60.6 Å². The van der Waals surface area contributed by atoms with E-state index >= 15 is 0 Å². The van der Waals surface area contributed by atoms with Crippen LogP contribution in [0.15, 0.2) is 6.07 Å². The number of nitrogens with one attached hydrogen (secondary N) is 1. The quantitative estimate of drug-likeness (QED) is 0.0440. The average Bonchev–Trinajstić information content (AvgIpc) is 2.94. The molecule has 0 saturated carbocycles. The van der Waals surface area contributed by atoms with E-state index in [1.54, 1.807) is 14.2 Å². The van der Waals surface area contributed by atoms with Crippen LogP contribution in [0.5, 0.6) is 5.75 Å². The molecule has 0 aromatic heterocycles. The molecule has 0 fully saturated rings. The summed E-state index contributed by atoms with van der Waals surface area (Å²) < 4.78 is 93.9. The monoisotopic (exact) mass is 657 g/mol. The first-order valence-electron chi connectivity index (χ1n) is 14.7. The highest BCUT2D eigenvalue weighted by Crippen LogP contribution is 2.27. The molecular formula is C31H51F4NO9. The van der Waals surface area contributed by atoms with Crippen LogP contribution in [0.3, 0.4) is 0 Å². The Bertz CT molecular complexity index is 1040. The second-order valence-corrected chi connectivity index (χ2v) is 13.1. The van der Waals surface area contributed by atoms with Crippen molar-refractivity contribution in [3.05, 3.63) is 29.3 Å². The van der Waals surface area contributed by atoms with Crippen LogP contribution in [-0.2, 0) is 33.2 Å². The van der Waals surface area contributed by atoms with Gasteiger partial charge in [-0.25, -0.2) is 13.6 Å². The zero-order chi connectivity index (χ0) is 34.6. The molecule has 1 aromatic carbocycles. The number of hydrogen-bond donors (Lipinski definition) is 2. The van der Waals surface area contributed by atoms with Crippen molar-refractivity contribution in [1.29, 1.82) is 0 Å². The molecular weight excluding hydrogens is 606 g/mol. The van der Waals surface area contributed by atoms with Gasteiger partial charge in [-0.2, -0.15) is 8.78 Å². The maximum Gasteiger partial charge on any atom is 0.331 e. The van der Waals surface area contributed by atoms with Crippen molar-refractivity contribution in [2.24, 2.45) is 0 Å². The van der Waals surface area contributed by atoms with E-state index in [0.717, 1.165) is 0 Å². The zero-order valence-corrected chi connectivity index (χ0v) is 28.1. The Balaban J connectivity index is 2.86. The SMILES string of the molecule is COC(C)(C)CCOC(C)(C)CCOC[C@H](NC(O)OCCC(C)(C)OCC(C)(C)OC)C(=O)Oc1c(F)c(F)cc(F)c1F. The van der Waals surface area contributed by atoms with Crippen molar-refractivity contribution in [3.8, 4) is 5.75 Å². The summed E-state index contributed by atoms with van der Waals surface area (Å²) in [6, 6.07) is -1.58. The van der Waals surface area contributed by atoms with Gasteiger partial charge in [0.05, 0.1) is 48.8 Å². The molecule has 2 atom stereocenters. The third kappa shape index (κ3) is 15.5. The lowest BCUT2D eigenvalue weighted by atomic mass is 10.0. The molecule has 2 N–H and O–H groups in total. The van der Waals surface area contributed by atoms with Crippen molar-refractivity contribution >= 4 is 5.97 Å². The third-order valence-electron chi connectivity index (χ3n) is 7.13. The number of methoxy groups -OCH3 is 2. The number of benzene rings is 1. The highest BCUT2D eigenvalue weighted by Gasteiger charge is 2.30. The second kappa shape index (κ2) is 17.9. The van der Waals surface area contributed by atoms with Gasteiger partial charge < -0.3 is 38.3 Å². The highest BCUT2D eigenvalue weighted by molar-refractivity contribution is 5.78. The van der Waals surface area contributed by atoms with E-state index in [4.69, 9.17) is 28.4 Å². The molecule has 10 nitrogen and oxygen atoms in total. The van der Waals surface area contributed by atoms with Crippen molar-refractivity contribution in [1.82, 2.24) is 5.32 Å². The number of carbonyl (C=O) groups excluding carboxylic acids is 1. The molecule has 0 amide bonds. The number of ether oxygens (including phenoxy) is 7. The lowest BCUT2D eigenvalue weighted by molar-refractivity contribution is -0.162. The van der Waals surface area contributed by atoms with Crippen LogP contribution < -0.4 is 10.1 Å². The molecule has 0 spiro atoms. The predicted molar refractivity (Wildman–Crippen MR) is 158 cm³/mol. The van der Waals surface area contributed by atoms with E-state index < -0.39 is 70.9 Å². The van der Waals surface area contributed by atoms with Gasteiger partial charge in [-0.1, -0.05) is 0 Å². The van der Waals surface area contributed by atoms with Crippen LogP contribution in [0.2, 0.25) is 0 Å². The molecule has 1 rings (SSSR count). The number of halogens is 4. The number of rotatable bonds is 22. The summed E-state index contributed by atoms with van der Waals surface area (Å²) in [5.41, 5.74) is -2.16. The van der Waals surface area contributed by atoms with E-state index in [1.807, 2.05) is 55.4 Å². The zero-order valence-electron chi connectivity index (χ0n) is 28.1. The van der Waals surface area contributed by atoms with Crippen molar-refractivity contribution in [2.45, 2.75) is 110 Å². The predicted octanol–water partition coefficient (Wildman–Crippen LogP) is 5.03. The lowest BCUT2D eigenvalue weighted by Gasteiger charge is -2.31. The second-order valence-electron chi connectivity index (χ2n) is 13.1. The van der Waals surface area contributed by atoms with Gasteiger partial charge in [-0.15, -0.1) is 0 Å². The first-order chi connectivity index (χ1) is 20.6. The molecule has 0 aliphatic heterocycles. The summed E-state index contributed by atoms with van der Waals surface area (Å²) in [5, 5.41) is 12.8. The van der Waals surface area contributed by atoms with Crippen LogP contribution >= 0.6 is 0 Å². The highest BCUT2D eigenvalue weighted by atomic mass is 19.2. The van der Waals surface area contributed by atoms with Crippen LogP contribution in [0.25, 0.3) is 0 Å². The summed E-state index contributed by atoms with van der Waals surface area (Å²) in [6.07, 6.45) is -0.409. The minimum atomic E-state index is -1.90. The smallest absolute Gasteiger partial charge is 0.331 e. The molecule has 1 aromatic rings. The number of esters is 1. The fraction of sp³-hybridized carbons (Fsp3) is 0.774. The first-order valence-corrected chi connectivity index (χ1v) is 14.7. The Morgan fingerprint density at radius 3 is 1.84 bits per heavy atom. The Morgan fingerprint density at radius 1 is 0.778 bits per heavy atom. The fourth-order valence-corrected chi connectivity index (χ4v) is 3.40. The van der Waals surface area contributed by atoms with Gasteiger partial charge in [-0.05, 0) is 74.7 Å². The largest absolute Gasteiger partial charge is 0.419 e. The average molecular weight is 658 g/mol. The van der Waals surface area contributed by atoms with E-state index in [9.17, 15) is 27.5 Å². The normalized spacial score (nSPS) is 14.5. The summed E-state index contributed by atoms with van der Waals surface area (Å²) in [6.45, 7) is 15.2. The van der Waals surface area contributed by atoms with Crippen LogP contribution in [0.1, 0.15) is 74.7 Å². The number of aliphatic hydroxyl groups is 1.